The van der Waals surface area contributed by atoms with Crippen molar-refractivity contribution in [3.05, 3.63) is 82.9 Å². The molecule has 0 bridgehead atoms. The Kier molecular flexibility index (Phi) is 5.21. The minimum Gasteiger partial charge on any atom is -0.454 e. The number of halogens is 1. The third-order valence-electron chi connectivity index (χ3n) is 5.05. The van der Waals surface area contributed by atoms with Crippen molar-refractivity contribution in [2.75, 3.05) is 22.8 Å². The van der Waals surface area contributed by atoms with Crippen LogP contribution in [-0.4, -0.2) is 24.4 Å². The Bertz CT molecular complexity index is 1190. The molecule has 0 radical (unpaired) electrons. The molecule has 1 saturated heterocycles. The van der Waals surface area contributed by atoms with Crippen LogP contribution < -0.4 is 19.7 Å². The van der Waals surface area contributed by atoms with Gasteiger partial charge in [0, 0.05) is 17.4 Å². The minimum absolute atomic E-state index is 0.0133. The second-order valence-corrected chi connectivity index (χ2v) is 8.50. The summed E-state index contributed by atoms with van der Waals surface area (Å²) in [5.74, 6) is 1.39. The summed E-state index contributed by atoms with van der Waals surface area (Å²) in [7, 11) is 0. The second kappa shape index (κ2) is 8.17. The van der Waals surface area contributed by atoms with E-state index in [1.807, 2.05) is 42.5 Å². The maximum atomic E-state index is 12.7. The molecule has 0 saturated carbocycles. The van der Waals surface area contributed by atoms with Crippen molar-refractivity contribution in [1.29, 1.82) is 0 Å². The van der Waals surface area contributed by atoms with Crippen LogP contribution in [0.2, 0.25) is 5.02 Å². The Morgan fingerprint density at radius 2 is 1.87 bits per heavy atom. The first-order valence-corrected chi connectivity index (χ1v) is 11.0. The van der Waals surface area contributed by atoms with Gasteiger partial charge in [-0.2, -0.15) is 0 Å². The van der Waals surface area contributed by atoms with Crippen LogP contribution in [0, 0.1) is 0 Å². The highest BCUT2D eigenvalue weighted by atomic mass is 35.5. The van der Waals surface area contributed by atoms with Crippen molar-refractivity contribution in [2.45, 2.75) is 5.37 Å². The molecule has 8 heteroatoms. The molecule has 0 aromatic heterocycles. The predicted octanol–water partition coefficient (Wildman–Crippen LogP) is 5.10. The molecule has 5 rings (SSSR count). The molecule has 1 atom stereocenters. The van der Waals surface area contributed by atoms with Crippen molar-refractivity contribution in [2.24, 2.45) is 0 Å². The largest absolute Gasteiger partial charge is 0.454 e. The topological polar surface area (TPSA) is 67.9 Å². The van der Waals surface area contributed by atoms with Gasteiger partial charge >= 0.3 is 0 Å². The first kappa shape index (κ1) is 19.8. The van der Waals surface area contributed by atoms with Crippen LogP contribution in [0.25, 0.3) is 0 Å². The fourth-order valence-corrected chi connectivity index (χ4v) is 4.99. The van der Waals surface area contributed by atoms with E-state index in [0.29, 0.717) is 33.5 Å². The SMILES string of the molecule is O=C(Nc1cccc(C2SCC(=O)N2c2ccc3c(c2)OCO3)c1)c1ccccc1Cl. The van der Waals surface area contributed by atoms with Crippen molar-refractivity contribution in [3.63, 3.8) is 0 Å². The fraction of sp³-hybridized carbons (Fsp3) is 0.130. The Hall–Kier alpha value is -3.16. The number of hydrogen-bond donors (Lipinski definition) is 1. The van der Waals surface area contributed by atoms with Crippen LogP contribution in [0.3, 0.4) is 0 Å². The molecule has 2 heterocycles. The third-order valence-corrected chi connectivity index (χ3v) is 6.59. The monoisotopic (exact) mass is 452 g/mol. The van der Waals surface area contributed by atoms with Crippen molar-refractivity contribution in [1.82, 2.24) is 0 Å². The maximum absolute atomic E-state index is 12.7. The first-order valence-electron chi connectivity index (χ1n) is 9.59. The molecule has 3 aromatic carbocycles. The Labute approximate surface area is 188 Å². The van der Waals surface area contributed by atoms with Gasteiger partial charge in [-0.05, 0) is 42.0 Å². The number of benzene rings is 3. The van der Waals surface area contributed by atoms with E-state index in [-0.39, 0.29) is 24.0 Å². The smallest absolute Gasteiger partial charge is 0.257 e. The maximum Gasteiger partial charge on any atom is 0.257 e. The standard InChI is InChI=1S/C23H17ClN2O4S/c24-18-7-2-1-6-17(18)22(28)25-15-5-3-4-14(10-15)23-26(21(27)12-31-23)16-8-9-19-20(11-16)30-13-29-19/h1-11,23H,12-13H2,(H,25,28). The molecule has 6 nitrogen and oxygen atoms in total. The van der Waals surface area contributed by atoms with Crippen molar-refractivity contribution >= 4 is 46.6 Å². The van der Waals surface area contributed by atoms with Crippen LogP contribution in [0.4, 0.5) is 11.4 Å². The molecule has 3 aromatic rings. The van der Waals surface area contributed by atoms with Gasteiger partial charge in [0.05, 0.1) is 16.3 Å². The molecular formula is C23H17ClN2O4S. The molecule has 2 amide bonds. The number of hydrogen-bond acceptors (Lipinski definition) is 5. The fourth-order valence-electron chi connectivity index (χ4n) is 3.60. The lowest BCUT2D eigenvalue weighted by atomic mass is 10.1. The van der Waals surface area contributed by atoms with Gasteiger partial charge in [-0.15, -0.1) is 11.8 Å². The molecule has 2 aliphatic rings. The summed E-state index contributed by atoms with van der Waals surface area (Å²) in [5.41, 5.74) is 2.69. The molecule has 1 unspecified atom stereocenters. The lowest BCUT2D eigenvalue weighted by Gasteiger charge is -2.25. The van der Waals surface area contributed by atoms with E-state index in [2.05, 4.69) is 5.32 Å². The first-order chi connectivity index (χ1) is 15.1. The van der Waals surface area contributed by atoms with Gasteiger partial charge in [0.1, 0.15) is 5.37 Å². The van der Waals surface area contributed by atoms with Crippen molar-refractivity contribution < 1.29 is 19.1 Å². The van der Waals surface area contributed by atoms with E-state index >= 15 is 0 Å². The third kappa shape index (κ3) is 3.82. The van der Waals surface area contributed by atoms with Gasteiger partial charge in [0.2, 0.25) is 12.7 Å². The number of carbonyl (C=O) groups excluding carboxylic acids is 2. The van der Waals surface area contributed by atoms with Crippen LogP contribution in [0.5, 0.6) is 11.5 Å². The highest BCUT2D eigenvalue weighted by Gasteiger charge is 2.35. The van der Waals surface area contributed by atoms with Crippen LogP contribution in [0.1, 0.15) is 21.3 Å². The lowest BCUT2D eigenvalue weighted by molar-refractivity contribution is -0.115. The number of anilines is 2. The van der Waals surface area contributed by atoms with Gasteiger partial charge in [-0.1, -0.05) is 35.9 Å². The summed E-state index contributed by atoms with van der Waals surface area (Å²) in [4.78, 5) is 27.1. The molecule has 1 fully saturated rings. The Morgan fingerprint density at radius 3 is 2.74 bits per heavy atom. The number of rotatable bonds is 4. The summed E-state index contributed by atoms with van der Waals surface area (Å²) in [6.45, 7) is 0.179. The minimum atomic E-state index is -0.287. The zero-order chi connectivity index (χ0) is 21.4. The molecule has 31 heavy (non-hydrogen) atoms. The van der Waals surface area contributed by atoms with E-state index in [1.54, 1.807) is 29.2 Å². The molecule has 156 valence electrons. The summed E-state index contributed by atoms with van der Waals surface area (Å²) in [6.07, 6.45) is 0. The van der Waals surface area contributed by atoms with Crippen LogP contribution >= 0.6 is 23.4 Å². The Morgan fingerprint density at radius 1 is 1.03 bits per heavy atom. The van der Waals surface area contributed by atoms with E-state index in [9.17, 15) is 9.59 Å². The van der Waals surface area contributed by atoms with E-state index in [0.717, 1.165) is 11.3 Å². The number of ether oxygens (including phenoxy) is 2. The normalized spacial score (nSPS) is 17.1. The summed E-state index contributed by atoms with van der Waals surface area (Å²) in [5, 5.41) is 3.06. The molecule has 0 spiro atoms. The summed E-state index contributed by atoms with van der Waals surface area (Å²) < 4.78 is 10.8. The number of amides is 2. The van der Waals surface area contributed by atoms with Crippen LogP contribution in [-0.2, 0) is 4.79 Å². The second-order valence-electron chi connectivity index (χ2n) is 7.02. The average molecular weight is 453 g/mol. The van der Waals surface area contributed by atoms with E-state index < -0.39 is 0 Å². The van der Waals surface area contributed by atoms with Gasteiger partial charge in [0.25, 0.3) is 5.91 Å². The lowest BCUT2D eigenvalue weighted by Crippen LogP contribution is -2.27. The number of thioether (sulfide) groups is 1. The Balaban J connectivity index is 1.41. The number of nitrogens with zero attached hydrogens (tertiary/aromatic N) is 1. The molecular weight excluding hydrogens is 436 g/mol. The summed E-state index contributed by atoms with van der Waals surface area (Å²) in [6, 6.07) is 19.9. The molecule has 2 aliphatic heterocycles. The van der Waals surface area contributed by atoms with Gasteiger partial charge in [-0.3, -0.25) is 14.5 Å². The molecule has 1 N–H and O–H groups in total. The highest BCUT2D eigenvalue weighted by Crippen LogP contribution is 2.45. The summed E-state index contributed by atoms with van der Waals surface area (Å²) >= 11 is 7.67. The zero-order valence-electron chi connectivity index (χ0n) is 16.2. The zero-order valence-corrected chi connectivity index (χ0v) is 17.8. The quantitative estimate of drug-likeness (QED) is 0.596. The van der Waals surface area contributed by atoms with Gasteiger partial charge in [-0.25, -0.2) is 0 Å². The molecule has 0 aliphatic carbocycles. The highest BCUT2D eigenvalue weighted by molar-refractivity contribution is 8.00. The van der Waals surface area contributed by atoms with Gasteiger partial charge in [0.15, 0.2) is 11.5 Å². The predicted molar refractivity (Wildman–Crippen MR) is 121 cm³/mol. The average Bonchev–Trinajstić information content (AvgIpc) is 3.40. The number of carbonyl (C=O) groups is 2. The number of nitrogens with one attached hydrogen (secondary N) is 1. The van der Waals surface area contributed by atoms with E-state index in [4.69, 9.17) is 21.1 Å². The van der Waals surface area contributed by atoms with E-state index in [1.165, 1.54) is 11.8 Å². The number of fused-ring (bicyclic) bond motifs is 1. The van der Waals surface area contributed by atoms with Crippen molar-refractivity contribution in [3.8, 4) is 11.5 Å². The van der Waals surface area contributed by atoms with Gasteiger partial charge < -0.3 is 14.8 Å². The van der Waals surface area contributed by atoms with Crippen LogP contribution in [0.15, 0.2) is 66.7 Å².